The van der Waals surface area contributed by atoms with Gasteiger partial charge in [0, 0.05) is 128 Å². The first-order valence-corrected chi connectivity index (χ1v) is 26.3. The second-order valence-corrected chi connectivity index (χ2v) is 20.4. The number of fused-ring (bicyclic) bond motifs is 4. The molecule has 4 aliphatic heterocycles. The molecule has 6 aliphatic rings. The highest BCUT2D eigenvalue weighted by Gasteiger charge is 2.26. The summed E-state index contributed by atoms with van der Waals surface area (Å²) in [4.78, 5) is 52.8. The molecule has 14 nitrogen and oxygen atoms in total. The maximum atomic E-state index is 11.7. The summed E-state index contributed by atoms with van der Waals surface area (Å²) in [5.74, 6) is 1.80. The Morgan fingerprint density at radius 2 is 1.07 bits per heavy atom. The Morgan fingerprint density at radius 3 is 1.52 bits per heavy atom. The minimum absolute atomic E-state index is 0.164. The molecule has 1 N–H and O–H groups in total. The smallest absolute Gasteiger partial charge is 0.226 e. The number of aromatic nitrogens is 4. The molecule has 0 spiro atoms. The number of hydrogen-bond donors (Lipinski definition) is 1. The number of amides is 1. The van der Waals surface area contributed by atoms with Crippen molar-refractivity contribution in [1.29, 1.82) is 0 Å². The van der Waals surface area contributed by atoms with Crippen molar-refractivity contribution in [2.45, 2.75) is 39.8 Å². The number of piperazine rings is 2. The summed E-state index contributed by atoms with van der Waals surface area (Å²) >= 11 is 8.17. The van der Waals surface area contributed by atoms with Crippen LogP contribution >= 0.6 is 34.3 Å². The van der Waals surface area contributed by atoms with E-state index in [0.717, 1.165) is 157 Å². The van der Waals surface area contributed by atoms with E-state index >= 15 is 0 Å². The third-order valence-electron chi connectivity index (χ3n) is 13.5. The molecule has 2 aromatic carbocycles. The summed E-state index contributed by atoms with van der Waals surface area (Å²) in [5, 5.41) is 7.64. The van der Waals surface area contributed by atoms with Gasteiger partial charge in [0.2, 0.25) is 23.0 Å². The van der Waals surface area contributed by atoms with Gasteiger partial charge in [0.1, 0.15) is 0 Å². The second-order valence-electron chi connectivity index (χ2n) is 18.1. The molecular formula is C52H59ClN10O4S2. The Bertz CT molecular complexity index is 2870. The fourth-order valence-electron chi connectivity index (χ4n) is 9.87. The van der Waals surface area contributed by atoms with Crippen LogP contribution < -0.4 is 15.1 Å². The highest BCUT2D eigenvalue weighted by atomic mass is 35.5. The van der Waals surface area contributed by atoms with Gasteiger partial charge in [0.15, 0.2) is 0 Å². The molecule has 17 heteroatoms. The van der Waals surface area contributed by atoms with Gasteiger partial charge < -0.3 is 29.5 Å². The van der Waals surface area contributed by atoms with Crippen LogP contribution in [0, 0.1) is 0 Å². The van der Waals surface area contributed by atoms with Gasteiger partial charge in [0.25, 0.3) is 0 Å². The molecule has 0 atom stereocenters. The van der Waals surface area contributed by atoms with E-state index < -0.39 is 0 Å². The third kappa shape index (κ3) is 10.8. The maximum absolute atomic E-state index is 11.7. The Labute approximate surface area is 416 Å². The van der Waals surface area contributed by atoms with Crippen LogP contribution in [-0.2, 0) is 45.0 Å². The zero-order chi connectivity index (χ0) is 47.3. The van der Waals surface area contributed by atoms with Crippen LogP contribution in [-0.4, -0.2) is 151 Å². The van der Waals surface area contributed by atoms with Gasteiger partial charge in [-0.1, -0.05) is 60.7 Å². The standard InChI is InChI=1S/C26H29N5O2S.C24H27N5OS.C2H3ClO/c1-18(32)30-10-8-29(9-11-30)16-20-17-34-25-23(20)27-26(31-12-14-33-15-13-31)28-24(25)22-7-3-5-19-4-2-6-21(19)22;1-3-17-4-2-6-20(19(17)5-1)22-23-21(26-24(27-22)29-11-13-30-14-12-29)18(16-31-23)15-28-9-7-25-8-10-28;1-2(3)4/h2-3,5-7,17H,4,8-16H2,1H3;1-2,4-6,16,25H,3,7-15H2;1H3. The number of carbonyl (C=O) groups is 2. The van der Waals surface area contributed by atoms with E-state index in [9.17, 15) is 9.59 Å². The van der Waals surface area contributed by atoms with E-state index in [-0.39, 0.29) is 11.1 Å². The van der Waals surface area contributed by atoms with Crippen LogP contribution in [0.4, 0.5) is 11.9 Å². The van der Waals surface area contributed by atoms with Crippen molar-refractivity contribution in [3.63, 3.8) is 0 Å². The summed E-state index contributed by atoms with van der Waals surface area (Å²) < 4.78 is 13.5. The molecule has 0 unspecified atom stereocenters. The molecule has 6 aromatic rings. The fraction of sp³-hybridized carbons (Fsp3) is 0.423. The van der Waals surface area contributed by atoms with Crippen LogP contribution in [0.5, 0.6) is 0 Å². The number of anilines is 2. The summed E-state index contributed by atoms with van der Waals surface area (Å²) in [7, 11) is 0. The molecule has 4 saturated heterocycles. The first-order valence-electron chi connectivity index (χ1n) is 24.1. The number of benzene rings is 2. The SMILES string of the molecule is C1=Cc2c(cccc2-c2nc(N3CCOCC3)nc3c(CN4CCNCC4)csc23)C1.CC(=O)Cl.CC(=O)N1CCN(Cc2csc3c(-c4cccc5c4C=CC5)nc(N4CCOCC4)nc23)CC1. The van der Waals surface area contributed by atoms with E-state index in [1.54, 1.807) is 29.6 Å². The van der Waals surface area contributed by atoms with Crippen molar-refractivity contribution in [1.82, 2.24) is 40.0 Å². The normalized spacial score (nSPS) is 18.2. The highest BCUT2D eigenvalue weighted by molar-refractivity contribution is 7.18. The van der Waals surface area contributed by atoms with Gasteiger partial charge in [-0.05, 0) is 57.5 Å². The van der Waals surface area contributed by atoms with Crippen LogP contribution in [0.2, 0.25) is 0 Å². The van der Waals surface area contributed by atoms with Crippen molar-refractivity contribution in [2.75, 3.05) is 115 Å². The molecular weight excluding hydrogens is 928 g/mol. The number of nitrogens with zero attached hydrogens (tertiary/aromatic N) is 9. The van der Waals surface area contributed by atoms with E-state index in [0.29, 0.717) is 13.2 Å². The monoisotopic (exact) mass is 986 g/mol. The first-order chi connectivity index (χ1) is 33.8. The number of nitrogens with one attached hydrogen (secondary N) is 1. The van der Waals surface area contributed by atoms with E-state index in [2.05, 4.69) is 108 Å². The third-order valence-corrected chi connectivity index (χ3v) is 15.6. The topological polar surface area (TPSA) is 132 Å². The fourth-order valence-corrected chi connectivity index (χ4v) is 11.9. The number of thiophene rings is 2. The summed E-state index contributed by atoms with van der Waals surface area (Å²) in [6.07, 6.45) is 11.0. The number of carbonyl (C=O) groups excluding carboxylic acids is 2. The Hall–Kier alpha value is -5.17. The lowest BCUT2D eigenvalue weighted by atomic mass is 10.0. The minimum atomic E-state index is -0.361. The average Bonchev–Trinajstić information content (AvgIpc) is 4.22. The quantitative estimate of drug-likeness (QED) is 0.153. The molecule has 69 heavy (non-hydrogen) atoms. The molecule has 0 saturated carbocycles. The predicted octanol–water partition coefficient (Wildman–Crippen LogP) is 7.37. The second kappa shape index (κ2) is 21.9. The lowest BCUT2D eigenvalue weighted by molar-refractivity contribution is -0.130. The molecule has 0 bridgehead atoms. The van der Waals surface area contributed by atoms with Crippen LogP contribution in [0.15, 0.2) is 59.3 Å². The minimum Gasteiger partial charge on any atom is -0.378 e. The molecule has 12 rings (SSSR count). The molecule has 0 radical (unpaired) electrons. The zero-order valence-corrected chi connectivity index (χ0v) is 41.8. The largest absolute Gasteiger partial charge is 0.378 e. The van der Waals surface area contributed by atoms with Gasteiger partial charge in [-0.3, -0.25) is 19.4 Å². The number of allylic oxidation sites excluding steroid dienone is 2. The lowest BCUT2D eigenvalue weighted by Gasteiger charge is -2.34. The predicted molar refractivity (Wildman–Crippen MR) is 279 cm³/mol. The zero-order valence-electron chi connectivity index (χ0n) is 39.4. The number of ether oxygens (including phenoxy) is 2. The Morgan fingerprint density at radius 1 is 0.623 bits per heavy atom. The molecule has 4 aromatic heterocycles. The van der Waals surface area contributed by atoms with Crippen molar-refractivity contribution in [3.05, 3.63) is 92.7 Å². The Balaban J connectivity index is 0.000000149. The number of rotatable bonds is 8. The van der Waals surface area contributed by atoms with Crippen molar-refractivity contribution in [2.24, 2.45) is 0 Å². The number of halogens is 1. The summed E-state index contributed by atoms with van der Waals surface area (Å²) in [5.41, 5.74) is 14.6. The molecule has 360 valence electrons. The van der Waals surface area contributed by atoms with Crippen molar-refractivity contribution >= 4 is 89.9 Å². The molecule has 1 amide bonds. The average molecular weight is 988 g/mol. The molecule has 2 aliphatic carbocycles. The number of hydrogen-bond acceptors (Lipinski definition) is 15. The first kappa shape index (κ1) is 47.5. The maximum Gasteiger partial charge on any atom is 0.226 e. The van der Waals surface area contributed by atoms with E-state index in [1.807, 2.05) is 4.90 Å². The molecule has 4 fully saturated rings. The van der Waals surface area contributed by atoms with E-state index in [4.69, 9.17) is 29.4 Å². The Kier molecular flexibility index (Phi) is 15.0. The highest BCUT2D eigenvalue weighted by Crippen LogP contribution is 2.41. The van der Waals surface area contributed by atoms with Gasteiger partial charge >= 0.3 is 0 Å². The van der Waals surface area contributed by atoms with Gasteiger partial charge in [-0.2, -0.15) is 0 Å². The lowest BCUT2D eigenvalue weighted by Crippen LogP contribution is -2.47. The van der Waals surface area contributed by atoms with Gasteiger partial charge in [-0.25, -0.2) is 19.9 Å². The number of morpholine rings is 2. The van der Waals surface area contributed by atoms with Crippen LogP contribution in [0.25, 0.3) is 55.1 Å². The van der Waals surface area contributed by atoms with Gasteiger partial charge in [-0.15, -0.1) is 22.7 Å². The van der Waals surface area contributed by atoms with Crippen LogP contribution in [0.3, 0.4) is 0 Å². The summed E-state index contributed by atoms with van der Waals surface area (Å²) in [6, 6.07) is 13.2. The molecule has 8 heterocycles. The van der Waals surface area contributed by atoms with Crippen LogP contribution in [0.1, 0.15) is 47.2 Å². The van der Waals surface area contributed by atoms with Crippen molar-refractivity contribution < 1.29 is 19.1 Å². The van der Waals surface area contributed by atoms with Crippen molar-refractivity contribution in [3.8, 4) is 22.5 Å². The van der Waals surface area contributed by atoms with E-state index in [1.165, 1.54) is 56.1 Å². The van der Waals surface area contributed by atoms with Gasteiger partial charge in [0.05, 0.1) is 58.2 Å². The summed E-state index contributed by atoms with van der Waals surface area (Å²) in [6.45, 7) is 18.6.